The zero-order chi connectivity index (χ0) is 16.0. The van der Waals surface area contributed by atoms with Gasteiger partial charge in [-0.25, -0.2) is 0 Å². The van der Waals surface area contributed by atoms with Gasteiger partial charge < -0.3 is 0 Å². The highest BCUT2D eigenvalue weighted by molar-refractivity contribution is 14.1. The maximum absolute atomic E-state index is 11.9. The predicted octanol–water partition coefficient (Wildman–Crippen LogP) is 4.17. The van der Waals surface area contributed by atoms with Crippen LogP contribution >= 0.6 is 22.6 Å². The minimum atomic E-state index is -4.40. The van der Waals surface area contributed by atoms with Crippen molar-refractivity contribution in [2.75, 3.05) is 6.61 Å². The molecule has 0 bridgehead atoms. The lowest BCUT2D eigenvalue weighted by molar-refractivity contribution is -0.136. The van der Waals surface area contributed by atoms with Gasteiger partial charge in [-0.15, -0.1) is 0 Å². The molecule has 1 unspecified atom stereocenters. The Labute approximate surface area is 126 Å². The highest BCUT2D eigenvalue weighted by Gasteiger charge is 2.30. The van der Waals surface area contributed by atoms with E-state index in [1.165, 1.54) is 22.6 Å². The van der Waals surface area contributed by atoms with E-state index >= 15 is 0 Å². The van der Waals surface area contributed by atoms with Gasteiger partial charge in [0.15, 0.2) is 0 Å². The van der Waals surface area contributed by atoms with E-state index in [2.05, 4.69) is 4.18 Å². The second-order valence-corrected chi connectivity index (χ2v) is 8.09. The van der Waals surface area contributed by atoms with Crippen LogP contribution in [-0.4, -0.2) is 30.6 Å². The molecule has 0 radical (unpaired) electrons. The first kappa shape index (κ1) is 20.2. The number of alkyl halides is 7. The largest absolute Gasteiger partial charge is 0.389 e. The van der Waals surface area contributed by atoms with Gasteiger partial charge in [-0.2, -0.15) is 34.8 Å². The van der Waals surface area contributed by atoms with Gasteiger partial charge in [-0.3, -0.25) is 4.18 Å². The Morgan fingerprint density at radius 1 is 0.950 bits per heavy atom. The maximum atomic E-state index is 11.9. The molecule has 0 aromatic heterocycles. The second-order valence-electron chi connectivity index (χ2n) is 3.95. The molecular formula is C9H13F6IO3S. The number of halogens is 7. The first-order chi connectivity index (χ1) is 8.83. The average Bonchev–Trinajstić information content (AvgIpc) is 2.21. The minimum absolute atomic E-state index is 0.276. The van der Waals surface area contributed by atoms with E-state index in [1.54, 1.807) is 0 Å². The van der Waals surface area contributed by atoms with E-state index in [0.717, 1.165) is 0 Å². The molecule has 0 spiro atoms. The summed E-state index contributed by atoms with van der Waals surface area (Å²) < 4.78 is 97.0. The summed E-state index contributed by atoms with van der Waals surface area (Å²) in [7, 11) is -4.14. The fourth-order valence-electron chi connectivity index (χ4n) is 1.13. The summed E-state index contributed by atoms with van der Waals surface area (Å²) in [6.45, 7) is -0.638. The molecule has 0 heterocycles. The molecule has 0 saturated carbocycles. The molecule has 3 nitrogen and oxygen atoms in total. The molecular weight excluding hydrogens is 429 g/mol. The van der Waals surface area contributed by atoms with Crippen molar-refractivity contribution in [3.63, 3.8) is 0 Å². The normalized spacial score (nSPS) is 15.3. The number of rotatable bonds is 8. The van der Waals surface area contributed by atoms with Gasteiger partial charge in [0.1, 0.15) is 3.26 Å². The first-order valence-electron chi connectivity index (χ1n) is 5.49. The predicted molar refractivity (Wildman–Crippen MR) is 67.9 cm³/mol. The van der Waals surface area contributed by atoms with Crippen LogP contribution in [0.5, 0.6) is 0 Å². The first-order valence-corrected chi connectivity index (χ1v) is 8.21. The summed E-state index contributed by atoms with van der Waals surface area (Å²) in [6.07, 6.45) is -12.2. The lowest BCUT2D eigenvalue weighted by Crippen LogP contribution is -2.20. The van der Waals surface area contributed by atoms with Crippen LogP contribution < -0.4 is 0 Å². The minimum Gasteiger partial charge on any atom is -0.269 e. The van der Waals surface area contributed by atoms with E-state index in [1.807, 2.05) is 0 Å². The lowest BCUT2D eigenvalue weighted by Gasteiger charge is -2.12. The Morgan fingerprint density at radius 3 is 1.85 bits per heavy atom. The lowest BCUT2D eigenvalue weighted by atomic mass is 10.2. The Kier molecular flexibility index (Phi) is 8.10. The molecule has 0 N–H and O–H groups in total. The Morgan fingerprint density at radius 2 is 1.40 bits per heavy atom. The summed E-state index contributed by atoms with van der Waals surface area (Å²) >= 11 is 1.40. The Hall–Kier alpha value is 0.220. The molecule has 122 valence electrons. The molecule has 1 atom stereocenters. The Bertz CT molecular complexity index is 378. The third-order valence-corrected chi connectivity index (χ3v) is 5.91. The van der Waals surface area contributed by atoms with Crippen LogP contribution in [0.3, 0.4) is 0 Å². The van der Waals surface area contributed by atoms with Crippen LogP contribution in [0.1, 0.15) is 32.1 Å². The van der Waals surface area contributed by atoms with Crippen molar-refractivity contribution in [1.82, 2.24) is 0 Å². The van der Waals surface area contributed by atoms with Crippen LogP contribution in [0.25, 0.3) is 0 Å². The van der Waals surface area contributed by atoms with Gasteiger partial charge in [0.05, 0.1) is 6.61 Å². The van der Waals surface area contributed by atoms with Crippen molar-refractivity contribution >= 4 is 32.7 Å². The highest BCUT2D eigenvalue weighted by Crippen LogP contribution is 2.26. The molecule has 0 aromatic rings. The fraction of sp³-hybridized carbons (Fsp3) is 1.00. The van der Waals surface area contributed by atoms with Gasteiger partial charge in [-0.1, -0.05) is 22.6 Å². The maximum Gasteiger partial charge on any atom is 0.389 e. The Balaban J connectivity index is 4.04. The second kappa shape index (κ2) is 8.01. The molecule has 20 heavy (non-hydrogen) atoms. The third kappa shape index (κ3) is 10.9. The van der Waals surface area contributed by atoms with Gasteiger partial charge in [-0.05, 0) is 19.3 Å². The van der Waals surface area contributed by atoms with Gasteiger partial charge in [0, 0.05) is 12.8 Å². The third-order valence-electron chi connectivity index (χ3n) is 2.06. The van der Waals surface area contributed by atoms with Crippen LogP contribution in [0, 0.1) is 0 Å². The standard InChI is InChI=1S/C9H13F6IO3S/c10-8(11,12)4-1-3-7(16)20(17,18)19-6-2-5-9(13,14)15/h7H,1-6H2. The van der Waals surface area contributed by atoms with Crippen molar-refractivity contribution in [3.05, 3.63) is 0 Å². The zero-order valence-corrected chi connectivity index (χ0v) is 13.1. The summed E-state index contributed by atoms with van der Waals surface area (Å²) in [6, 6.07) is 0. The SMILES string of the molecule is O=S(=O)(OCCCC(F)(F)F)C(I)CCCC(F)(F)F. The van der Waals surface area contributed by atoms with Crippen molar-refractivity contribution < 1.29 is 38.9 Å². The van der Waals surface area contributed by atoms with Gasteiger partial charge >= 0.3 is 12.4 Å². The van der Waals surface area contributed by atoms with Gasteiger partial charge in [0.25, 0.3) is 10.1 Å². The molecule has 0 aliphatic carbocycles. The van der Waals surface area contributed by atoms with Crippen LogP contribution in [0.15, 0.2) is 0 Å². The molecule has 0 fully saturated rings. The fourth-order valence-corrected chi connectivity index (χ4v) is 2.96. The monoisotopic (exact) mass is 442 g/mol. The molecule has 0 saturated heterocycles. The molecule has 11 heteroatoms. The number of hydrogen-bond donors (Lipinski definition) is 0. The van der Waals surface area contributed by atoms with E-state index in [-0.39, 0.29) is 12.8 Å². The van der Waals surface area contributed by atoms with Crippen LogP contribution in [-0.2, 0) is 14.3 Å². The van der Waals surface area contributed by atoms with E-state index in [4.69, 9.17) is 0 Å². The van der Waals surface area contributed by atoms with Crippen molar-refractivity contribution in [1.29, 1.82) is 0 Å². The molecule has 0 aliphatic heterocycles. The topological polar surface area (TPSA) is 43.4 Å². The average molecular weight is 442 g/mol. The molecule has 0 aromatic carbocycles. The van der Waals surface area contributed by atoms with Gasteiger partial charge in [0.2, 0.25) is 0 Å². The summed E-state index contributed by atoms with van der Waals surface area (Å²) in [5.74, 6) is 0. The van der Waals surface area contributed by atoms with E-state index in [9.17, 15) is 34.8 Å². The summed E-state index contributed by atoms with van der Waals surface area (Å²) in [4.78, 5) is 0. The van der Waals surface area contributed by atoms with Crippen LogP contribution in [0.2, 0.25) is 0 Å². The molecule has 0 rings (SSSR count). The van der Waals surface area contributed by atoms with Crippen molar-refractivity contribution in [2.45, 2.75) is 47.7 Å². The zero-order valence-electron chi connectivity index (χ0n) is 10.1. The highest BCUT2D eigenvalue weighted by atomic mass is 127. The van der Waals surface area contributed by atoms with Crippen molar-refractivity contribution in [3.8, 4) is 0 Å². The van der Waals surface area contributed by atoms with Crippen molar-refractivity contribution in [2.24, 2.45) is 0 Å². The summed E-state index contributed by atoms with van der Waals surface area (Å²) in [5.41, 5.74) is 0. The van der Waals surface area contributed by atoms with E-state index in [0.29, 0.717) is 0 Å². The smallest absolute Gasteiger partial charge is 0.269 e. The van der Waals surface area contributed by atoms with Crippen LogP contribution in [0.4, 0.5) is 26.3 Å². The summed E-state index contributed by atoms with van der Waals surface area (Å²) in [5, 5.41) is 0. The quantitative estimate of drug-likeness (QED) is 0.186. The van der Waals surface area contributed by atoms with E-state index < -0.39 is 51.6 Å². The molecule has 0 amide bonds. The molecule has 0 aliphatic rings. The number of hydrogen-bond acceptors (Lipinski definition) is 3.